The van der Waals surface area contributed by atoms with Gasteiger partial charge < -0.3 is 5.32 Å². The highest BCUT2D eigenvalue weighted by Gasteiger charge is 2.03. The standard InChI is InChI=1S/C13H16N4OS/c1-10-2-4-11(5-3-10)19-7-6-13(18)14-8-12-15-9-16-17-12/h2-5,9H,6-8H2,1H3,(H,14,18)(H,15,16,17). The molecule has 1 aromatic carbocycles. The van der Waals surface area contributed by atoms with Crippen LogP contribution in [0.2, 0.25) is 0 Å². The Hall–Kier alpha value is -1.82. The number of amides is 1. The first-order valence-electron chi connectivity index (χ1n) is 6.04. The van der Waals surface area contributed by atoms with Crippen molar-refractivity contribution in [1.29, 1.82) is 0 Å². The second kappa shape index (κ2) is 6.94. The second-order valence-corrected chi connectivity index (χ2v) is 5.29. The summed E-state index contributed by atoms with van der Waals surface area (Å²) < 4.78 is 0. The Kier molecular flexibility index (Phi) is 4.97. The van der Waals surface area contributed by atoms with Crippen molar-refractivity contribution in [1.82, 2.24) is 20.5 Å². The first kappa shape index (κ1) is 13.6. The summed E-state index contributed by atoms with van der Waals surface area (Å²) in [5.74, 6) is 1.46. The fraction of sp³-hybridized carbons (Fsp3) is 0.308. The number of hydrogen-bond donors (Lipinski definition) is 2. The van der Waals surface area contributed by atoms with Gasteiger partial charge in [-0.15, -0.1) is 11.8 Å². The van der Waals surface area contributed by atoms with Gasteiger partial charge in [-0.25, -0.2) is 4.98 Å². The summed E-state index contributed by atoms with van der Waals surface area (Å²) in [6.07, 6.45) is 1.92. The van der Waals surface area contributed by atoms with Gasteiger partial charge in [-0.05, 0) is 19.1 Å². The maximum atomic E-state index is 11.6. The number of aromatic nitrogens is 3. The molecule has 1 heterocycles. The molecular weight excluding hydrogens is 260 g/mol. The number of carbonyl (C=O) groups is 1. The fourth-order valence-electron chi connectivity index (χ4n) is 1.48. The molecule has 1 aromatic heterocycles. The normalized spacial score (nSPS) is 10.4. The lowest BCUT2D eigenvalue weighted by atomic mass is 10.2. The third-order valence-electron chi connectivity index (χ3n) is 2.54. The number of aryl methyl sites for hydroxylation is 1. The van der Waals surface area contributed by atoms with E-state index in [2.05, 4.69) is 51.7 Å². The quantitative estimate of drug-likeness (QED) is 0.791. The average Bonchev–Trinajstić information content (AvgIpc) is 2.92. The SMILES string of the molecule is Cc1ccc(SCCC(=O)NCc2ncn[nH]2)cc1. The van der Waals surface area contributed by atoms with E-state index < -0.39 is 0 Å². The highest BCUT2D eigenvalue weighted by molar-refractivity contribution is 7.99. The summed E-state index contributed by atoms with van der Waals surface area (Å²) in [5, 5.41) is 9.21. The molecule has 100 valence electrons. The Morgan fingerprint density at radius 2 is 2.16 bits per heavy atom. The molecule has 2 rings (SSSR count). The molecular formula is C13H16N4OS. The third-order valence-corrected chi connectivity index (χ3v) is 3.55. The fourth-order valence-corrected chi connectivity index (χ4v) is 2.33. The average molecular weight is 276 g/mol. The van der Waals surface area contributed by atoms with Crippen molar-refractivity contribution in [2.24, 2.45) is 0 Å². The Morgan fingerprint density at radius 1 is 1.37 bits per heavy atom. The molecule has 0 bridgehead atoms. The summed E-state index contributed by atoms with van der Waals surface area (Å²) in [4.78, 5) is 16.7. The van der Waals surface area contributed by atoms with Gasteiger partial charge in [0.2, 0.25) is 5.91 Å². The lowest BCUT2D eigenvalue weighted by molar-refractivity contribution is -0.120. The van der Waals surface area contributed by atoms with Gasteiger partial charge in [-0.1, -0.05) is 17.7 Å². The van der Waals surface area contributed by atoms with E-state index in [1.54, 1.807) is 11.8 Å². The van der Waals surface area contributed by atoms with Crippen LogP contribution in [0.1, 0.15) is 17.8 Å². The van der Waals surface area contributed by atoms with Gasteiger partial charge in [-0.3, -0.25) is 9.89 Å². The van der Waals surface area contributed by atoms with Crippen molar-refractivity contribution in [2.45, 2.75) is 24.8 Å². The molecule has 0 radical (unpaired) electrons. The minimum atomic E-state index is 0.0241. The minimum Gasteiger partial charge on any atom is -0.349 e. The van der Waals surface area contributed by atoms with Gasteiger partial charge in [0, 0.05) is 17.1 Å². The van der Waals surface area contributed by atoms with Crippen LogP contribution in [0.25, 0.3) is 0 Å². The minimum absolute atomic E-state index is 0.0241. The zero-order valence-electron chi connectivity index (χ0n) is 10.7. The molecule has 0 aliphatic rings. The Balaban J connectivity index is 1.65. The maximum Gasteiger partial charge on any atom is 0.221 e. The second-order valence-electron chi connectivity index (χ2n) is 4.12. The van der Waals surface area contributed by atoms with Gasteiger partial charge in [0.25, 0.3) is 0 Å². The van der Waals surface area contributed by atoms with Crippen LogP contribution in [0.3, 0.4) is 0 Å². The lowest BCUT2D eigenvalue weighted by Gasteiger charge is -2.03. The van der Waals surface area contributed by atoms with Crippen molar-refractivity contribution in [3.05, 3.63) is 42.0 Å². The smallest absolute Gasteiger partial charge is 0.221 e. The predicted molar refractivity (Wildman–Crippen MR) is 74.7 cm³/mol. The van der Waals surface area contributed by atoms with Crippen molar-refractivity contribution < 1.29 is 4.79 Å². The molecule has 19 heavy (non-hydrogen) atoms. The molecule has 0 spiro atoms. The largest absolute Gasteiger partial charge is 0.349 e. The molecule has 0 saturated carbocycles. The molecule has 0 fully saturated rings. The van der Waals surface area contributed by atoms with Gasteiger partial charge in [0.15, 0.2) is 0 Å². The molecule has 2 N–H and O–H groups in total. The predicted octanol–water partition coefficient (Wildman–Crippen LogP) is 1.91. The number of nitrogens with one attached hydrogen (secondary N) is 2. The van der Waals surface area contributed by atoms with Gasteiger partial charge in [-0.2, -0.15) is 5.10 Å². The molecule has 0 atom stereocenters. The Bertz CT molecular complexity index is 510. The van der Waals surface area contributed by atoms with Crippen molar-refractivity contribution in [2.75, 3.05) is 5.75 Å². The van der Waals surface area contributed by atoms with Crippen LogP contribution in [-0.4, -0.2) is 26.8 Å². The summed E-state index contributed by atoms with van der Waals surface area (Å²) >= 11 is 1.68. The van der Waals surface area contributed by atoms with Gasteiger partial charge >= 0.3 is 0 Å². The number of H-pyrrole nitrogens is 1. The maximum absolute atomic E-state index is 11.6. The molecule has 1 amide bonds. The molecule has 0 aliphatic carbocycles. The summed E-state index contributed by atoms with van der Waals surface area (Å²) in [5.41, 5.74) is 1.24. The van der Waals surface area contributed by atoms with E-state index in [4.69, 9.17) is 0 Å². The van der Waals surface area contributed by atoms with Gasteiger partial charge in [0.05, 0.1) is 6.54 Å². The van der Waals surface area contributed by atoms with Crippen molar-refractivity contribution >= 4 is 17.7 Å². The monoisotopic (exact) mass is 276 g/mol. The Labute approximate surface area is 116 Å². The summed E-state index contributed by atoms with van der Waals surface area (Å²) in [6, 6.07) is 8.30. The highest BCUT2D eigenvalue weighted by atomic mass is 32.2. The van der Waals surface area contributed by atoms with Crippen molar-refractivity contribution in [3.8, 4) is 0 Å². The molecule has 0 aliphatic heterocycles. The van der Waals surface area contributed by atoms with Crippen LogP contribution in [0.5, 0.6) is 0 Å². The number of thioether (sulfide) groups is 1. The molecule has 5 nitrogen and oxygen atoms in total. The highest BCUT2D eigenvalue weighted by Crippen LogP contribution is 2.18. The zero-order chi connectivity index (χ0) is 13.5. The van der Waals surface area contributed by atoms with E-state index in [1.165, 1.54) is 16.8 Å². The van der Waals surface area contributed by atoms with E-state index in [0.29, 0.717) is 18.8 Å². The molecule has 0 saturated heterocycles. The van der Waals surface area contributed by atoms with Crippen LogP contribution >= 0.6 is 11.8 Å². The third kappa shape index (κ3) is 4.75. The number of hydrogen-bond acceptors (Lipinski definition) is 4. The van der Waals surface area contributed by atoms with E-state index >= 15 is 0 Å². The van der Waals surface area contributed by atoms with E-state index in [0.717, 1.165) is 5.75 Å². The summed E-state index contributed by atoms with van der Waals surface area (Å²) in [6.45, 7) is 2.46. The van der Waals surface area contributed by atoms with Crippen LogP contribution in [-0.2, 0) is 11.3 Å². The van der Waals surface area contributed by atoms with Crippen LogP contribution in [0, 0.1) is 6.92 Å². The number of aromatic amines is 1. The first-order valence-corrected chi connectivity index (χ1v) is 7.03. The number of carbonyl (C=O) groups excluding carboxylic acids is 1. The molecule has 6 heteroatoms. The Morgan fingerprint density at radius 3 is 2.84 bits per heavy atom. The number of benzene rings is 1. The number of nitrogens with zero attached hydrogens (tertiary/aromatic N) is 2. The van der Waals surface area contributed by atoms with Crippen LogP contribution in [0.4, 0.5) is 0 Å². The van der Waals surface area contributed by atoms with Gasteiger partial charge in [0.1, 0.15) is 12.2 Å². The van der Waals surface area contributed by atoms with E-state index in [9.17, 15) is 4.79 Å². The lowest BCUT2D eigenvalue weighted by Crippen LogP contribution is -2.23. The van der Waals surface area contributed by atoms with Crippen LogP contribution in [0.15, 0.2) is 35.5 Å². The van der Waals surface area contributed by atoms with Crippen LogP contribution < -0.4 is 5.32 Å². The van der Waals surface area contributed by atoms with E-state index in [1.807, 2.05) is 0 Å². The molecule has 2 aromatic rings. The zero-order valence-corrected chi connectivity index (χ0v) is 11.5. The molecule has 0 unspecified atom stereocenters. The van der Waals surface area contributed by atoms with E-state index in [-0.39, 0.29) is 5.91 Å². The number of rotatable bonds is 6. The van der Waals surface area contributed by atoms with Crippen molar-refractivity contribution in [3.63, 3.8) is 0 Å². The first-order chi connectivity index (χ1) is 9.24. The summed E-state index contributed by atoms with van der Waals surface area (Å²) in [7, 11) is 0. The topological polar surface area (TPSA) is 70.7 Å².